The summed E-state index contributed by atoms with van der Waals surface area (Å²) in [5.74, 6) is 0.592. The molecule has 0 saturated heterocycles. The number of nitrogens with zero attached hydrogens (tertiary/aromatic N) is 1. The fourth-order valence-corrected chi connectivity index (χ4v) is 2.05. The van der Waals surface area contributed by atoms with Crippen molar-refractivity contribution in [2.75, 3.05) is 0 Å². The van der Waals surface area contributed by atoms with E-state index in [1.807, 2.05) is 37.3 Å². The monoisotopic (exact) mass is 225 g/mol. The van der Waals surface area contributed by atoms with Crippen LogP contribution in [-0.4, -0.2) is 0 Å². The normalized spacial score (nSPS) is 10.9. The van der Waals surface area contributed by atoms with E-state index in [1.165, 1.54) is 0 Å². The van der Waals surface area contributed by atoms with Gasteiger partial charge in [-0.3, -0.25) is 0 Å². The second-order valence-corrected chi connectivity index (χ2v) is 4.00. The second-order valence-electron chi connectivity index (χ2n) is 4.00. The molecule has 17 heavy (non-hydrogen) atoms. The molecule has 2 aromatic heterocycles. The Morgan fingerprint density at radius 1 is 1.12 bits per heavy atom. The maximum atomic E-state index is 12.2. The second kappa shape index (κ2) is 3.63. The van der Waals surface area contributed by atoms with Gasteiger partial charge in [-0.25, -0.2) is 0 Å². The summed E-state index contributed by atoms with van der Waals surface area (Å²) in [5.41, 5.74) is 2.28. The molecule has 0 aliphatic rings. The lowest BCUT2D eigenvalue weighted by molar-refractivity contribution is -0.565. The van der Waals surface area contributed by atoms with Crippen molar-refractivity contribution in [2.24, 2.45) is 0 Å². The number of aryl methyl sites for hydroxylation is 1. The van der Waals surface area contributed by atoms with Gasteiger partial charge in [-0.1, -0.05) is 12.1 Å². The van der Waals surface area contributed by atoms with Crippen LogP contribution in [0.25, 0.3) is 22.4 Å². The average Bonchev–Trinajstić information content (AvgIpc) is 2.87. The minimum atomic E-state index is 0.547. The smallest absolute Gasteiger partial charge is 0.260 e. The van der Waals surface area contributed by atoms with Crippen molar-refractivity contribution >= 4 is 10.9 Å². The number of benzene rings is 1. The molecule has 3 nitrogen and oxygen atoms in total. The van der Waals surface area contributed by atoms with Gasteiger partial charge in [0.1, 0.15) is 0 Å². The van der Waals surface area contributed by atoms with E-state index in [4.69, 9.17) is 4.42 Å². The first kappa shape index (κ1) is 9.90. The van der Waals surface area contributed by atoms with Gasteiger partial charge in [0, 0.05) is 12.1 Å². The van der Waals surface area contributed by atoms with Crippen molar-refractivity contribution in [3.05, 3.63) is 59.5 Å². The molecule has 0 radical (unpaired) electrons. The van der Waals surface area contributed by atoms with Crippen LogP contribution in [0.5, 0.6) is 0 Å². The van der Waals surface area contributed by atoms with Crippen molar-refractivity contribution in [1.82, 2.24) is 0 Å². The molecule has 0 N–H and O–H groups in total. The molecule has 84 valence electrons. The number of para-hydroxylation sites is 1. The molecule has 3 aromatic rings. The molecule has 0 atom stereocenters. The molecule has 0 fully saturated rings. The molecule has 0 amide bonds. The van der Waals surface area contributed by atoms with E-state index in [0.29, 0.717) is 17.0 Å². The maximum absolute atomic E-state index is 12.2. The summed E-state index contributed by atoms with van der Waals surface area (Å²) in [4.78, 5) is 0. The highest BCUT2D eigenvalue weighted by atomic mass is 16.5. The fraction of sp³-hybridized carbons (Fsp3) is 0.0714. The van der Waals surface area contributed by atoms with Crippen LogP contribution in [0.2, 0.25) is 0 Å². The number of aromatic nitrogens is 1. The van der Waals surface area contributed by atoms with Crippen LogP contribution in [0.15, 0.2) is 53.1 Å². The molecule has 0 aliphatic carbocycles. The van der Waals surface area contributed by atoms with E-state index in [1.54, 1.807) is 18.4 Å². The number of rotatable bonds is 1. The third-order valence-corrected chi connectivity index (χ3v) is 2.89. The van der Waals surface area contributed by atoms with Crippen molar-refractivity contribution in [3.8, 4) is 11.5 Å². The Hall–Kier alpha value is -2.29. The number of hydrogen-bond donors (Lipinski definition) is 0. The molecule has 3 heteroatoms. The van der Waals surface area contributed by atoms with E-state index < -0.39 is 0 Å². The van der Waals surface area contributed by atoms with Crippen molar-refractivity contribution in [3.63, 3.8) is 0 Å². The Kier molecular flexibility index (Phi) is 2.11. The van der Waals surface area contributed by atoms with Crippen LogP contribution >= 0.6 is 0 Å². The van der Waals surface area contributed by atoms with Crippen molar-refractivity contribution in [2.45, 2.75) is 6.92 Å². The van der Waals surface area contributed by atoms with Crippen molar-refractivity contribution < 1.29 is 9.15 Å². The van der Waals surface area contributed by atoms with E-state index in [2.05, 4.69) is 0 Å². The van der Waals surface area contributed by atoms with Gasteiger partial charge in [-0.05, 0) is 30.7 Å². The molecule has 3 rings (SSSR count). The summed E-state index contributed by atoms with van der Waals surface area (Å²) in [6, 6.07) is 13.0. The van der Waals surface area contributed by atoms with Crippen LogP contribution in [0.3, 0.4) is 0 Å². The molecular formula is C14H11NO2. The third kappa shape index (κ3) is 1.47. The number of hydrogen-bond acceptors (Lipinski definition) is 2. The Morgan fingerprint density at radius 2 is 1.94 bits per heavy atom. The highest BCUT2D eigenvalue weighted by molar-refractivity contribution is 5.80. The summed E-state index contributed by atoms with van der Waals surface area (Å²) in [6.07, 6.45) is 1.57. The topological polar surface area (TPSA) is 40.1 Å². The van der Waals surface area contributed by atoms with Crippen LogP contribution in [0.1, 0.15) is 5.56 Å². The molecule has 0 unspecified atom stereocenters. The Bertz CT molecular complexity index is 672. The molecule has 0 saturated carbocycles. The van der Waals surface area contributed by atoms with Crippen molar-refractivity contribution in [1.29, 1.82) is 0 Å². The first-order valence-corrected chi connectivity index (χ1v) is 5.43. The van der Waals surface area contributed by atoms with Crippen LogP contribution in [0, 0.1) is 12.1 Å². The fourth-order valence-electron chi connectivity index (χ4n) is 2.05. The summed E-state index contributed by atoms with van der Waals surface area (Å²) in [5, 5.41) is 13.2. The Balaban J connectivity index is 2.39. The molecule has 2 heterocycles. The maximum Gasteiger partial charge on any atom is 0.260 e. The number of furan rings is 1. The predicted octanol–water partition coefficient (Wildman–Crippen LogP) is 3.04. The van der Waals surface area contributed by atoms with Gasteiger partial charge in [-0.15, -0.1) is 0 Å². The molecule has 0 bridgehead atoms. The number of pyridine rings is 1. The summed E-state index contributed by atoms with van der Waals surface area (Å²) in [6.45, 7) is 1.99. The van der Waals surface area contributed by atoms with E-state index in [9.17, 15) is 5.21 Å². The largest absolute Gasteiger partial charge is 0.618 e. The highest BCUT2D eigenvalue weighted by Crippen LogP contribution is 2.22. The van der Waals surface area contributed by atoms with Gasteiger partial charge < -0.3 is 9.62 Å². The van der Waals surface area contributed by atoms with Crippen LogP contribution in [0.4, 0.5) is 0 Å². The minimum Gasteiger partial charge on any atom is -0.618 e. The SMILES string of the molecule is Cc1cc(-c2ccco2)[n+]([O-])c2ccccc12. The minimum absolute atomic E-state index is 0.547. The van der Waals surface area contributed by atoms with E-state index >= 15 is 0 Å². The molecular weight excluding hydrogens is 214 g/mol. The van der Waals surface area contributed by atoms with Gasteiger partial charge in [0.15, 0.2) is 5.76 Å². The zero-order valence-electron chi connectivity index (χ0n) is 9.38. The third-order valence-electron chi connectivity index (χ3n) is 2.89. The standard InChI is InChI=1S/C14H11NO2/c1-10-9-13(14-7-4-8-17-14)15(16)12-6-3-2-5-11(10)12/h2-9H,1H3. The van der Waals surface area contributed by atoms with Gasteiger partial charge >= 0.3 is 0 Å². The first-order chi connectivity index (χ1) is 8.27. The lowest BCUT2D eigenvalue weighted by Gasteiger charge is -2.07. The van der Waals surface area contributed by atoms with Gasteiger partial charge in [0.05, 0.1) is 11.6 Å². The zero-order chi connectivity index (χ0) is 11.8. The lowest BCUT2D eigenvalue weighted by Crippen LogP contribution is -2.30. The average molecular weight is 225 g/mol. The lowest BCUT2D eigenvalue weighted by atomic mass is 10.1. The summed E-state index contributed by atoms with van der Waals surface area (Å²) in [7, 11) is 0. The predicted molar refractivity (Wildman–Crippen MR) is 65.3 cm³/mol. The van der Waals surface area contributed by atoms with Crippen LogP contribution < -0.4 is 4.73 Å². The van der Waals surface area contributed by atoms with E-state index in [-0.39, 0.29) is 0 Å². The Morgan fingerprint density at radius 3 is 2.71 bits per heavy atom. The molecule has 1 aromatic carbocycles. The highest BCUT2D eigenvalue weighted by Gasteiger charge is 2.16. The first-order valence-electron chi connectivity index (χ1n) is 5.43. The summed E-state index contributed by atoms with van der Waals surface area (Å²) >= 11 is 0. The van der Waals surface area contributed by atoms with E-state index in [0.717, 1.165) is 15.7 Å². The summed E-state index contributed by atoms with van der Waals surface area (Å²) < 4.78 is 6.20. The molecule has 0 spiro atoms. The molecule has 0 aliphatic heterocycles. The van der Waals surface area contributed by atoms with Crippen LogP contribution in [-0.2, 0) is 0 Å². The Labute approximate surface area is 98.5 Å². The van der Waals surface area contributed by atoms with Gasteiger partial charge in [0.2, 0.25) is 5.52 Å². The zero-order valence-corrected chi connectivity index (χ0v) is 9.38. The van der Waals surface area contributed by atoms with Gasteiger partial charge in [0.25, 0.3) is 5.69 Å². The quantitative estimate of drug-likeness (QED) is 0.471. The van der Waals surface area contributed by atoms with Gasteiger partial charge in [-0.2, -0.15) is 4.73 Å². The number of fused-ring (bicyclic) bond motifs is 1.